The van der Waals surface area contributed by atoms with E-state index in [1.165, 1.54) is 5.56 Å². The molecule has 1 aromatic rings. The Morgan fingerprint density at radius 1 is 1.43 bits per heavy atom. The molecule has 0 aliphatic carbocycles. The Morgan fingerprint density at radius 2 is 2.10 bits per heavy atom. The van der Waals surface area contributed by atoms with Crippen LogP contribution in [0, 0.1) is 6.92 Å². The highest BCUT2D eigenvalue weighted by molar-refractivity contribution is 5.78. The molecule has 0 heterocycles. The molecule has 0 fully saturated rings. The maximum absolute atomic E-state index is 11.6. The van der Waals surface area contributed by atoms with Crippen LogP contribution >= 0.6 is 0 Å². The molecule has 0 bridgehead atoms. The van der Waals surface area contributed by atoms with Gasteiger partial charge in [0.1, 0.15) is 5.54 Å². The third-order valence-electron chi connectivity index (χ3n) is 3.71. The van der Waals surface area contributed by atoms with Crippen LogP contribution in [0.15, 0.2) is 24.3 Å². The number of nitrogens with one attached hydrogen (secondary N) is 1. The van der Waals surface area contributed by atoms with Crippen LogP contribution in [0.4, 0.5) is 5.69 Å². The molecular weight excluding hydrogens is 264 g/mol. The quantitative estimate of drug-likeness (QED) is 0.773. The van der Waals surface area contributed by atoms with Crippen LogP contribution < -0.4 is 10.2 Å². The fraction of sp³-hybridized carbons (Fsp3) is 0.588. The van der Waals surface area contributed by atoms with E-state index >= 15 is 0 Å². The second-order valence-electron chi connectivity index (χ2n) is 6.10. The van der Waals surface area contributed by atoms with Crippen molar-refractivity contribution in [1.29, 1.82) is 0 Å². The van der Waals surface area contributed by atoms with E-state index in [4.69, 9.17) is 0 Å². The Bertz CT molecular complexity index is 474. The molecule has 1 atom stereocenters. The summed E-state index contributed by atoms with van der Waals surface area (Å²) in [5.41, 5.74) is 1.47. The fourth-order valence-electron chi connectivity index (χ4n) is 2.53. The third-order valence-corrected chi connectivity index (χ3v) is 3.71. The first kappa shape index (κ1) is 17.5. The van der Waals surface area contributed by atoms with Crippen LogP contribution in [0.1, 0.15) is 39.7 Å². The molecule has 0 aliphatic heterocycles. The zero-order valence-electron chi connectivity index (χ0n) is 13.8. The maximum atomic E-state index is 11.6. The van der Waals surface area contributed by atoms with Gasteiger partial charge >= 0.3 is 5.97 Å². The average Bonchev–Trinajstić information content (AvgIpc) is 2.38. The van der Waals surface area contributed by atoms with Crippen LogP contribution in [-0.4, -0.2) is 35.7 Å². The number of aryl methyl sites for hydroxylation is 1. The van der Waals surface area contributed by atoms with Crippen molar-refractivity contribution in [3.63, 3.8) is 0 Å². The zero-order valence-corrected chi connectivity index (χ0v) is 13.8. The topological polar surface area (TPSA) is 52.6 Å². The van der Waals surface area contributed by atoms with Gasteiger partial charge in [0.15, 0.2) is 0 Å². The van der Waals surface area contributed by atoms with Crippen molar-refractivity contribution < 1.29 is 9.90 Å². The lowest BCUT2D eigenvalue weighted by Crippen LogP contribution is -2.54. The minimum absolute atomic E-state index is 0.139. The van der Waals surface area contributed by atoms with Gasteiger partial charge in [0.2, 0.25) is 0 Å². The van der Waals surface area contributed by atoms with Crippen LogP contribution in [0.25, 0.3) is 0 Å². The van der Waals surface area contributed by atoms with E-state index in [1.807, 2.05) is 19.9 Å². The molecule has 0 spiro atoms. The number of rotatable bonds is 8. The van der Waals surface area contributed by atoms with Crippen molar-refractivity contribution in [2.75, 3.05) is 18.0 Å². The van der Waals surface area contributed by atoms with Crippen molar-refractivity contribution in [1.82, 2.24) is 5.32 Å². The molecule has 0 amide bonds. The molecule has 0 aromatic heterocycles. The zero-order chi connectivity index (χ0) is 16.0. The second kappa shape index (κ2) is 7.46. The highest BCUT2D eigenvalue weighted by Crippen LogP contribution is 2.19. The van der Waals surface area contributed by atoms with Crippen molar-refractivity contribution >= 4 is 11.7 Å². The lowest BCUT2D eigenvalue weighted by molar-refractivity contribution is -0.144. The maximum Gasteiger partial charge on any atom is 0.323 e. The van der Waals surface area contributed by atoms with Gasteiger partial charge in [-0.3, -0.25) is 10.1 Å². The molecule has 0 aliphatic rings. The van der Waals surface area contributed by atoms with Gasteiger partial charge in [0.25, 0.3) is 0 Å². The molecular formula is C17H28N2O2. The van der Waals surface area contributed by atoms with E-state index in [9.17, 15) is 9.90 Å². The number of hydrogen-bond donors (Lipinski definition) is 2. The summed E-state index contributed by atoms with van der Waals surface area (Å²) in [6.45, 7) is 11.4. The number of benzene rings is 1. The first-order valence-electron chi connectivity index (χ1n) is 7.61. The van der Waals surface area contributed by atoms with E-state index in [0.717, 1.165) is 12.2 Å². The smallest absolute Gasteiger partial charge is 0.323 e. The van der Waals surface area contributed by atoms with E-state index in [0.29, 0.717) is 13.0 Å². The summed E-state index contributed by atoms with van der Waals surface area (Å²) in [6, 6.07) is 8.46. The number of carbonyl (C=O) groups is 1. The molecule has 1 unspecified atom stereocenters. The third kappa shape index (κ3) is 5.05. The highest BCUT2D eigenvalue weighted by Gasteiger charge is 2.33. The Morgan fingerprint density at radius 3 is 2.57 bits per heavy atom. The Hall–Kier alpha value is -1.55. The molecule has 118 valence electrons. The molecule has 1 aromatic carbocycles. The Labute approximate surface area is 128 Å². The first-order valence-corrected chi connectivity index (χ1v) is 7.61. The minimum atomic E-state index is -0.897. The molecule has 4 heteroatoms. The minimum Gasteiger partial charge on any atom is -0.480 e. The Balaban J connectivity index is 2.79. The molecule has 0 radical (unpaired) electrons. The van der Waals surface area contributed by atoms with Gasteiger partial charge < -0.3 is 10.0 Å². The SMILES string of the molecule is CCN(CCC(C)(NC(C)C)C(=O)O)c1cccc(C)c1. The predicted molar refractivity (Wildman–Crippen MR) is 88.0 cm³/mol. The molecule has 21 heavy (non-hydrogen) atoms. The highest BCUT2D eigenvalue weighted by atomic mass is 16.4. The number of anilines is 1. The van der Waals surface area contributed by atoms with Crippen LogP contribution in [0.3, 0.4) is 0 Å². The first-order chi connectivity index (χ1) is 9.78. The van der Waals surface area contributed by atoms with E-state index in [-0.39, 0.29) is 6.04 Å². The molecule has 0 saturated carbocycles. The summed E-state index contributed by atoms with van der Waals surface area (Å²) in [6.07, 6.45) is 0.558. The van der Waals surface area contributed by atoms with Crippen molar-refractivity contribution in [3.05, 3.63) is 29.8 Å². The molecule has 2 N–H and O–H groups in total. The number of aliphatic carboxylic acids is 1. The van der Waals surface area contributed by atoms with Crippen LogP contribution in [0.5, 0.6) is 0 Å². The molecule has 1 rings (SSSR count). The standard InChI is InChI=1S/C17H28N2O2/c1-6-19(15-9-7-8-14(4)12-15)11-10-17(5,16(20)21)18-13(2)3/h7-9,12-13,18H,6,10-11H2,1-5H3,(H,20,21). The van der Waals surface area contributed by atoms with Gasteiger partial charge in [-0.05, 0) is 58.7 Å². The predicted octanol–water partition coefficient (Wildman–Crippen LogP) is 3.05. The number of nitrogens with zero attached hydrogens (tertiary/aromatic N) is 1. The van der Waals surface area contributed by atoms with Crippen LogP contribution in [0.2, 0.25) is 0 Å². The van der Waals surface area contributed by atoms with E-state index in [2.05, 4.69) is 42.3 Å². The van der Waals surface area contributed by atoms with Crippen LogP contribution in [-0.2, 0) is 4.79 Å². The summed E-state index contributed by atoms with van der Waals surface area (Å²) in [4.78, 5) is 13.8. The lowest BCUT2D eigenvalue weighted by Gasteiger charge is -2.32. The van der Waals surface area contributed by atoms with Gasteiger partial charge in [0.05, 0.1) is 0 Å². The monoisotopic (exact) mass is 292 g/mol. The van der Waals surface area contributed by atoms with Gasteiger partial charge in [-0.15, -0.1) is 0 Å². The Kier molecular flexibility index (Phi) is 6.21. The summed E-state index contributed by atoms with van der Waals surface area (Å²) in [5, 5.41) is 12.7. The summed E-state index contributed by atoms with van der Waals surface area (Å²) >= 11 is 0. The number of hydrogen-bond acceptors (Lipinski definition) is 3. The lowest BCUT2D eigenvalue weighted by atomic mass is 9.96. The molecule has 4 nitrogen and oxygen atoms in total. The van der Waals surface area contributed by atoms with E-state index in [1.54, 1.807) is 6.92 Å². The average molecular weight is 292 g/mol. The van der Waals surface area contributed by atoms with Crippen molar-refractivity contribution in [2.45, 2.75) is 52.6 Å². The second-order valence-corrected chi connectivity index (χ2v) is 6.10. The molecule has 0 saturated heterocycles. The normalized spacial score (nSPS) is 14.0. The van der Waals surface area contributed by atoms with Gasteiger partial charge in [-0.1, -0.05) is 12.1 Å². The summed E-state index contributed by atoms with van der Waals surface area (Å²) in [7, 11) is 0. The summed E-state index contributed by atoms with van der Waals surface area (Å²) in [5.74, 6) is -0.795. The number of carboxylic acids is 1. The van der Waals surface area contributed by atoms with Crippen molar-refractivity contribution in [2.24, 2.45) is 0 Å². The van der Waals surface area contributed by atoms with Gasteiger partial charge in [0, 0.05) is 24.8 Å². The van der Waals surface area contributed by atoms with Crippen molar-refractivity contribution in [3.8, 4) is 0 Å². The summed E-state index contributed by atoms with van der Waals surface area (Å²) < 4.78 is 0. The van der Waals surface area contributed by atoms with Gasteiger partial charge in [-0.25, -0.2) is 0 Å². The largest absolute Gasteiger partial charge is 0.480 e. The fourth-order valence-corrected chi connectivity index (χ4v) is 2.53. The number of carboxylic acid groups (broad SMARTS) is 1. The van der Waals surface area contributed by atoms with E-state index < -0.39 is 11.5 Å². The van der Waals surface area contributed by atoms with Gasteiger partial charge in [-0.2, -0.15) is 0 Å².